The van der Waals surface area contributed by atoms with Crippen LogP contribution in [0.1, 0.15) is 44.2 Å². The first-order valence-electron chi connectivity index (χ1n) is 6.51. The monoisotopic (exact) mass is 221 g/mol. The van der Waals surface area contributed by atoms with E-state index in [1.807, 2.05) is 11.7 Å². The zero-order valence-corrected chi connectivity index (χ0v) is 10.4. The van der Waals surface area contributed by atoms with Gasteiger partial charge in [0.2, 0.25) is 0 Å². The van der Waals surface area contributed by atoms with Gasteiger partial charge in [-0.05, 0) is 37.9 Å². The van der Waals surface area contributed by atoms with E-state index in [9.17, 15) is 0 Å². The highest BCUT2D eigenvalue weighted by Crippen LogP contribution is 2.36. The molecule has 3 nitrogen and oxygen atoms in total. The SMILES string of the molecule is CCNCC1CCCCC1c1ccn(C)n1. The highest BCUT2D eigenvalue weighted by Gasteiger charge is 2.27. The lowest BCUT2D eigenvalue weighted by atomic mass is 9.77. The molecular formula is C13H23N3. The third kappa shape index (κ3) is 2.64. The summed E-state index contributed by atoms with van der Waals surface area (Å²) in [5.41, 5.74) is 1.30. The van der Waals surface area contributed by atoms with Gasteiger partial charge in [0.05, 0.1) is 5.69 Å². The van der Waals surface area contributed by atoms with E-state index >= 15 is 0 Å². The summed E-state index contributed by atoms with van der Waals surface area (Å²) < 4.78 is 1.92. The van der Waals surface area contributed by atoms with Crippen molar-refractivity contribution in [1.82, 2.24) is 15.1 Å². The van der Waals surface area contributed by atoms with Crippen LogP contribution in [0.2, 0.25) is 0 Å². The highest BCUT2D eigenvalue weighted by molar-refractivity contribution is 5.09. The summed E-state index contributed by atoms with van der Waals surface area (Å²) in [6.45, 7) is 4.40. The molecule has 1 fully saturated rings. The smallest absolute Gasteiger partial charge is 0.0658 e. The average molecular weight is 221 g/mol. The maximum atomic E-state index is 4.58. The molecule has 0 aromatic carbocycles. The first kappa shape index (κ1) is 11.6. The Kier molecular flexibility index (Phi) is 3.99. The Morgan fingerprint density at radius 3 is 2.94 bits per heavy atom. The molecule has 0 bridgehead atoms. The van der Waals surface area contributed by atoms with Crippen molar-refractivity contribution in [3.63, 3.8) is 0 Å². The van der Waals surface area contributed by atoms with E-state index in [4.69, 9.17) is 0 Å². The van der Waals surface area contributed by atoms with Gasteiger partial charge in [0.25, 0.3) is 0 Å². The molecule has 0 amide bonds. The van der Waals surface area contributed by atoms with E-state index < -0.39 is 0 Å². The van der Waals surface area contributed by atoms with Crippen molar-refractivity contribution in [2.75, 3.05) is 13.1 Å². The Balaban J connectivity index is 2.04. The number of aromatic nitrogens is 2. The van der Waals surface area contributed by atoms with E-state index in [1.165, 1.54) is 31.4 Å². The third-order valence-electron chi connectivity index (χ3n) is 3.68. The van der Waals surface area contributed by atoms with Gasteiger partial charge in [0, 0.05) is 19.2 Å². The number of nitrogens with one attached hydrogen (secondary N) is 1. The second-order valence-corrected chi connectivity index (χ2v) is 4.87. The van der Waals surface area contributed by atoms with Crippen molar-refractivity contribution >= 4 is 0 Å². The second-order valence-electron chi connectivity index (χ2n) is 4.87. The fraction of sp³-hybridized carbons (Fsp3) is 0.769. The fourth-order valence-corrected chi connectivity index (χ4v) is 2.80. The predicted octanol–water partition coefficient (Wildman–Crippen LogP) is 2.30. The van der Waals surface area contributed by atoms with E-state index in [2.05, 4.69) is 29.6 Å². The van der Waals surface area contributed by atoms with Crippen LogP contribution in [0.15, 0.2) is 12.3 Å². The molecule has 0 aliphatic heterocycles. The Bertz CT molecular complexity index is 319. The van der Waals surface area contributed by atoms with E-state index in [0.29, 0.717) is 5.92 Å². The Morgan fingerprint density at radius 2 is 2.25 bits per heavy atom. The molecule has 1 aromatic heterocycles. The number of hydrogen-bond acceptors (Lipinski definition) is 2. The largest absolute Gasteiger partial charge is 0.317 e. The van der Waals surface area contributed by atoms with Crippen LogP contribution in [0, 0.1) is 5.92 Å². The van der Waals surface area contributed by atoms with Gasteiger partial charge in [-0.2, -0.15) is 5.10 Å². The molecule has 2 unspecified atom stereocenters. The van der Waals surface area contributed by atoms with Crippen molar-refractivity contribution in [3.05, 3.63) is 18.0 Å². The predicted molar refractivity (Wildman–Crippen MR) is 66.5 cm³/mol. The summed E-state index contributed by atoms with van der Waals surface area (Å²) in [6.07, 6.45) is 7.48. The minimum Gasteiger partial charge on any atom is -0.317 e. The number of hydrogen-bond donors (Lipinski definition) is 1. The van der Waals surface area contributed by atoms with Gasteiger partial charge in [-0.25, -0.2) is 0 Å². The van der Waals surface area contributed by atoms with Crippen LogP contribution < -0.4 is 5.32 Å². The molecule has 0 radical (unpaired) electrons. The summed E-state index contributed by atoms with van der Waals surface area (Å²) in [4.78, 5) is 0. The van der Waals surface area contributed by atoms with Gasteiger partial charge in [-0.15, -0.1) is 0 Å². The molecule has 1 aromatic rings. The molecule has 1 heterocycles. The highest BCUT2D eigenvalue weighted by atomic mass is 15.2. The molecule has 90 valence electrons. The Hall–Kier alpha value is -0.830. The minimum absolute atomic E-state index is 0.675. The molecule has 0 spiro atoms. The van der Waals surface area contributed by atoms with Crippen molar-refractivity contribution in [1.29, 1.82) is 0 Å². The minimum atomic E-state index is 0.675. The van der Waals surface area contributed by atoms with E-state index in [0.717, 1.165) is 19.0 Å². The van der Waals surface area contributed by atoms with Crippen molar-refractivity contribution in [2.24, 2.45) is 13.0 Å². The lowest BCUT2D eigenvalue weighted by molar-refractivity contribution is 0.292. The summed E-state index contributed by atoms with van der Waals surface area (Å²) >= 11 is 0. The van der Waals surface area contributed by atoms with Crippen LogP contribution in [0.25, 0.3) is 0 Å². The molecule has 2 atom stereocenters. The van der Waals surface area contributed by atoms with E-state index in [-0.39, 0.29) is 0 Å². The number of nitrogens with zero attached hydrogens (tertiary/aromatic N) is 2. The topological polar surface area (TPSA) is 29.9 Å². The quantitative estimate of drug-likeness (QED) is 0.845. The Labute approximate surface area is 98.2 Å². The van der Waals surface area contributed by atoms with Gasteiger partial charge in [-0.3, -0.25) is 4.68 Å². The Morgan fingerprint density at radius 1 is 1.44 bits per heavy atom. The van der Waals surface area contributed by atoms with Crippen molar-refractivity contribution in [3.8, 4) is 0 Å². The zero-order valence-electron chi connectivity index (χ0n) is 10.4. The molecule has 1 aliphatic carbocycles. The molecular weight excluding hydrogens is 198 g/mol. The summed E-state index contributed by atoms with van der Waals surface area (Å²) in [7, 11) is 2.01. The average Bonchev–Trinajstić information content (AvgIpc) is 2.73. The molecule has 1 aliphatic rings. The maximum Gasteiger partial charge on any atom is 0.0658 e. The van der Waals surface area contributed by atoms with Crippen LogP contribution in [0.5, 0.6) is 0 Å². The van der Waals surface area contributed by atoms with Gasteiger partial charge in [-0.1, -0.05) is 19.8 Å². The van der Waals surface area contributed by atoms with Gasteiger partial charge in [0.1, 0.15) is 0 Å². The van der Waals surface area contributed by atoms with Gasteiger partial charge < -0.3 is 5.32 Å². The molecule has 2 rings (SSSR count). The molecule has 1 saturated carbocycles. The van der Waals surface area contributed by atoms with Gasteiger partial charge >= 0.3 is 0 Å². The lowest BCUT2D eigenvalue weighted by Gasteiger charge is -2.30. The maximum absolute atomic E-state index is 4.58. The van der Waals surface area contributed by atoms with Crippen molar-refractivity contribution in [2.45, 2.75) is 38.5 Å². The first-order valence-corrected chi connectivity index (χ1v) is 6.51. The van der Waals surface area contributed by atoms with Gasteiger partial charge in [0.15, 0.2) is 0 Å². The van der Waals surface area contributed by atoms with Crippen LogP contribution in [-0.4, -0.2) is 22.9 Å². The summed E-state index contributed by atoms with van der Waals surface area (Å²) in [5, 5.41) is 8.07. The normalized spacial score (nSPS) is 25.9. The summed E-state index contributed by atoms with van der Waals surface area (Å²) in [5.74, 6) is 1.46. The second kappa shape index (κ2) is 5.48. The van der Waals surface area contributed by atoms with Crippen LogP contribution in [-0.2, 0) is 7.05 Å². The zero-order chi connectivity index (χ0) is 11.4. The van der Waals surface area contributed by atoms with Crippen LogP contribution in [0.3, 0.4) is 0 Å². The third-order valence-corrected chi connectivity index (χ3v) is 3.68. The lowest BCUT2D eigenvalue weighted by Crippen LogP contribution is -2.29. The van der Waals surface area contributed by atoms with Crippen molar-refractivity contribution < 1.29 is 0 Å². The molecule has 3 heteroatoms. The fourth-order valence-electron chi connectivity index (χ4n) is 2.80. The standard InChI is InChI=1S/C13H23N3/c1-3-14-10-11-6-4-5-7-12(11)13-8-9-16(2)15-13/h8-9,11-12,14H,3-7,10H2,1-2H3. The van der Waals surface area contributed by atoms with E-state index in [1.54, 1.807) is 0 Å². The molecule has 16 heavy (non-hydrogen) atoms. The van der Waals surface area contributed by atoms with Crippen LogP contribution >= 0.6 is 0 Å². The summed E-state index contributed by atoms with van der Waals surface area (Å²) in [6, 6.07) is 2.19. The molecule has 0 saturated heterocycles. The van der Waals surface area contributed by atoms with Crippen LogP contribution in [0.4, 0.5) is 0 Å². The molecule has 1 N–H and O–H groups in total. The number of rotatable bonds is 4. The first-order chi connectivity index (χ1) is 7.81. The number of aryl methyl sites for hydroxylation is 1.